The van der Waals surface area contributed by atoms with Crippen molar-refractivity contribution in [1.29, 1.82) is 0 Å². The Labute approximate surface area is 135 Å². The molecule has 2 amide bonds. The van der Waals surface area contributed by atoms with Crippen LogP contribution >= 0.6 is 22.9 Å². The Morgan fingerprint density at radius 2 is 2.00 bits per heavy atom. The van der Waals surface area contributed by atoms with E-state index < -0.39 is 29.5 Å². The summed E-state index contributed by atoms with van der Waals surface area (Å²) < 4.78 is 32.7. The summed E-state index contributed by atoms with van der Waals surface area (Å²) in [5.74, 6) is -1.69. The predicted molar refractivity (Wildman–Crippen MR) is 82.5 cm³/mol. The van der Waals surface area contributed by atoms with E-state index in [1.807, 2.05) is 0 Å². The third-order valence-electron chi connectivity index (χ3n) is 2.85. The molecular weight excluding hydrogens is 334 g/mol. The normalized spacial score (nSPS) is 12.0. The van der Waals surface area contributed by atoms with E-state index in [4.69, 9.17) is 16.3 Å². The van der Waals surface area contributed by atoms with E-state index in [9.17, 15) is 13.6 Å². The van der Waals surface area contributed by atoms with Gasteiger partial charge in [0.25, 0.3) is 0 Å². The van der Waals surface area contributed by atoms with Crippen LogP contribution in [0.1, 0.15) is 11.0 Å². The van der Waals surface area contributed by atoms with E-state index in [1.54, 1.807) is 12.1 Å². The second kappa shape index (κ2) is 7.53. The second-order valence-corrected chi connectivity index (χ2v) is 6.04. The summed E-state index contributed by atoms with van der Waals surface area (Å²) in [6, 6.07) is 6.12. The van der Waals surface area contributed by atoms with Crippen LogP contribution < -0.4 is 10.6 Å². The lowest BCUT2D eigenvalue weighted by Crippen LogP contribution is -2.33. The van der Waals surface area contributed by atoms with Crippen molar-refractivity contribution in [2.24, 2.45) is 0 Å². The third kappa shape index (κ3) is 4.16. The van der Waals surface area contributed by atoms with Crippen LogP contribution in [0.15, 0.2) is 30.3 Å². The number of anilines is 1. The summed E-state index contributed by atoms with van der Waals surface area (Å²) in [6.07, 6.45) is -0.395. The zero-order valence-corrected chi connectivity index (χ0v) is 13.1. The first-order valence-corrected chi connectivity index (χ1v) is 7.47. The van der Waals surface area contributed by atoms with Gasteiger partial charge in [-0.2, -0.15) is 0 Å². The second-order valence-electron chi connectivity index (χ2n) is 4.30. The van der Waals surface area contributed by atoms with Crippen LogP contribution in [0.2, 0.25) is 4.34 Å². The zero-order chi connectivity index (χ0) is 16.1. The average Bonchev–Trinajstić information content (AvgIpc) is 2.90. The van der Waals surface area contributed by atoms with Gasteiger partial charge in [-0.25, -0.2) is 13.6 Å². The maximum atomic E-state index is 13.4. The number of nitrogens with one attached hydrogen (secondary N) is 2. The van der Waals surface area contributed by atoms with Gasteiger partial charge in [0, 0.05) is 12.0 Å². The number of thiophene rings is 1. The van der Waals surface area contributed by atoms with Gasteiger partial charge in [-0.3, -0.25) is 0 Å². The van der Waals surface area contributed by atoms with E-state index in [1.165, 1.54) is 24.5 Å². The van der Waals surface area contributed by atoms with Crippen molar-refractivity contribution < 1.29 is 18.3 Å². The fourth-order valence-corrected chi connectivity index (χ4v) is 2.90. The average molecular weight is 347 g/mol. The van der Waals surface area contributed by atoms with Gasteiger partial charge in [0.05, 0.1) is 10.9 Å². The lowest BCUT2D eigenvalue weighted by molar-refractivity contribution is 0.107. The number of amides is 2. The van der Waals surface area contributed by atoms with Crippen molar-refractivity contribution in [3.05, 3.63) is 51.2 Å². The minimum atomic E-state index is -0.844. The maximum Gasteiger partial charge on any atom is 0.319 e. The minimum absolute atomic E-state index is 0.134. The molecule has 2 N–H and O–H groups in total. The monoisotopic (exact) mass is 346 g/mol. The van der Waals surface area contributed by atoms with Gasteiger partial charge < -0.3 is 15.4 Å². The number of hydrogen-bond donors (Lipinski definition) is 2. The van der Waals surface area contributed by atoms with Gasteiger partial charge in [0.2, 0.25) is 0 Å². The molecule has 0 saturated carbocycles. The Balaban J connectivity index is 1.94. The molecule has 1 atom stereocenters. The molecule has 4 nitrogen and oxygen atoms in total. The van der Waals surface area contributed by atoms with E-state index in [-0.39, 0.29) is 6.54 Å². The maximum absolute atomic E-state index is 13.4. The van der Waals surface area contributed by atoms with Gasteiger partial charge in [-0.1, -0.05) is 17.7 Å². The van der Waals surface area contributed by atoms with Crippen LogP contribution in [0.25, 0.3) is 0 Å². The summed E-state index contributed by atoms with van der Waals surface area (Å²) in [5.41, 5.74) is -0.492. The molecule has 0 saturated heterocycles. The van der Waals surface area contributed by atoms with E-state index in [0.29, 0.717) is 4.34 Å². The van der Waals surface area contributed by atoms with Crippen molar-refractivity contribution in [3.63, 3.8) is 0 Å². The lowest BCUT2D eigenvalue weighted by atomic mass is 10.3. The first-order valence-electron chi connectivity index (χ1n) is 6.28. The number of para-hydroxylation sites is 1. The number of halogens is 3. The highest BCUT2D eigenvalue weighted by Crippen LogP contribution is 2.28. The molecule has 0 spiro atoms. The molecule has 0 aliphatic rings. The van der Waals surface area contributed by atoms with Crippen molar-refractivity contribution >= 4 is 34.7 Å². The number of rotatable bonds is 5. The van der Waals surface area contributed by atoms with E-state index in [2.05, 4.69) is 10.6 Å². The molecule has 0 radical (unpaired) electrons. The summed E-state index contributed by atoms with van der Waals surface area (Å²) in [4.78, 5) is 12.6. The SMILES string of the molecule is CO[C@H](CNC(=O)Nc1c(F)cccc1F)c1ccc(Cl)s1. The highest BCUT2D eigenvalue weighted by molar-refractivity contribution is 7.16. The Morgan fingerprint density at radius 3 is 2.55 bits per heavy atom. The zero-order valence-electron chi connectivity index (χ0n) is 11.5. The van der Waals surface area contributed by atoms with Crippen LogP contribution in [-0.4, -0.2) is 19.7 Å². The first-order chi connectivity index (χ1) is 10.5. The molecule has 2 aromatic rings. The van der Waals surface area contributed by atoms with E-state index in [0.717, 1.165) is 17.0 Å². The molecule has 0 bridgehead atoms. The Morgan fingerprint density at radius 1 is 1.32 bits per heavy atom. The van der Waals surface area contributed by atoms with Crippen molar-refractivity contribution in [3.8, 4) is 0 Å². The van der Waals surface area contributed by atoms with Gasteiger partial charge in [-0.05, 0) is 24.3 Å². The molecule has 0 unspecified atom stereocenters. The quantitative estimate of drug-likeness (QED) is 0.853. The molecule has 22 heavy (non-hydrogen) atoms. The van der Waals surface area contributed by atoms with Crippen molar-refractivity contribution in [2.45, 2.75) is 6.10 Å². The van der Waals surface area contributed by atoms with E-state index >= 15 is 0 Å². The Bertz CT molecular complexity index is 646. The number of benzene rings is 1. The highest BCUT2D eigenvalue weighted by Gasteiger charge is 2.16. The first kappa shape index (κ1) is 16.7. The fraction of sp³-hybridized carbons (Fsp3) is 0.214. The van der Waals surface area contributed by atoms with Gasteiger partial charge >= 0.3 is 6.03 Å². The molecule has 118 valence electrons. The molecule has 2 rings (SSSR count). The molecule has 8 heteroatoms. The minimum Gasteiger partial charge on any atom is -0.374 e. The molecule has 0 aliphatic carbocycles. The largest absolute Gasteiger partial charge is 0.374 e. The highest BCUT2D eigenvalue weighted by atomic mass is 35.5. The smallest absolute Gasteiger partial charge is 0.319 e. The fourth-order valence-electron chi connectivity index (χ4n) is 1.76. The lowest BCUT2D eigenvalue weighted by Gasteiger charge is -2.15. The van der Waals surface area contributed by atoms with Crippen molar-refractivity contribution in [2.75, 3.05) is 19.0 Å². The molecular formula is C14H13ClF2N2O2S. The summed E-state index contributed by atoms with van der Waals surface area (Å²) in [7, 11) is 1.49. The molecule has 0 fully saturated rings. The number of carbonyl (C=O) groups is 1. The number of urea groups is 1. The van der Waals surface area contributed by atoms with Gasteiger partial charge in [-0.15, -0.1) is 11.3 Å². The van der Waals surface area contributed by atoms with Crippen LogP contribution in [0.3, 0.4) is 0 Å². The third-order valence-corrected chi connectivity index (χ3v) is 4.17. The summed E-state index contributed by atoms with van der Waals surface area (Å²) in [5, 5.41) is 4.64. The Kier molecular flexibility index (Phi) is 5.70. The summed E-state index contributed by atoms with van der Waals surface area (Å²) >= 11 is 7.18. The van der Waals surface area contributed by atoms with Crippen LogP contribution in [0, 0.1) is 11.6 Å². The predicted octanol–water partition coefficient (Wildman–Crippen LogP) is 4.19. The number of methoxy groups -OCH3 is 1. The standard InChI is InChI=1S/C14H13ClF2N2O2S/c1-21-10(11-5-6-12(15)22-11)7-18-14(20)19-13-8(16)3-2-4-9(13)17/h2-6,10H,7H2,1H3,(H2,18,19,20)/t10-/m1/s1. The van der Waals surface area contributed by atoms with Crippen LogP contribution in [-0.2, 0) is 4.74 Å². The molecule has 1 aromatic heterocycles. The molecule has 1 heterocycles. The van der Waals surface area contributed by atoms with Gasteiger partial charge in [0.1, 0.15) is 23.4 Å². The number of carbonyl (C=O) groups excluding carboxylic acids is 1. The van der Waals surface area contributed by atoms with Gasteiger partial charge in [0.15, 0.2) is 0 Å². The molecule has 0 aliphatic heterocycles. The topological polar surface area (TPSA) is 50.4 Å². The van der Waals surface area contributed by atoms with Crippen molar-refractivity contribution in [1.82, 2.24) is 5.32 Å². The number of ether oxygens (including phenoxy) is 1. The Hall–Kier alpha value is -1.70. The summed E-state index contributed by atoms with van der Waals surface area (Å²) in [6.45, 7) is 0.134. The number of hydrogen-bond acceptors (Lipinski definition) is 3. The van der Waals surface area contributed by atoms with Crippen LogP contribution in [0.4, 0.5) is 19.3 Å². The van der Waals surface area contributed by atoms with Crippen LogP contribution in [0.5, 0.6) is 0 Å². The molecule has 1 aromatic carbocycles.